The van der Waals surface area contributed by atoms with E-state index in [1.807, 2.05) is 0 Å². The molecular formula is C11H11NO4. The van der Waals surface area contributed by atoms with E-state index in [0.717, 1.165) is 0 Å². The summed E-state index contributed by atoms with van der Waals surface area (Å²) in [7, 11) is 2.86. The minimum Gasteiger partial charge on any atom is -0.504 e. The highest BCUT2D eigenvalue weighted by atomic mass is 16.5. The third-order valence-electron chi connectivity index (χ3n) is 2.41. The Labute approximate surface area is 92.3 Å². The van der Waals surface area contributed by atoms with Crippen molar-refractivity contribution in [2.75, 3.05) is 14.2 Å². The molecule has 16 heavy (non-hydrogen) atoms. The van der Waals surface area contributed by atoms with Crippen LogP contribution in [0.25, 0.3) is 0 Å². The first-order valence-electron chi connectivity index (χ1n) is 4.72. The van der Waals surface area contributed by atoms with Crippen LogP contribution >= 0.6 is 0 Å². The number of phenols is 1. The number of phenolic OH excluding ortho intramolecular Hbond substituents is 1. The Morgan fingerprint density at radius 1 is 1.38 bits per heavy atom. The lowest BCUT2D eigenvalue weighted by molar-refractivity contribution is 0.0997. The summed E-state index contributed by atoms with van der Waals surface area (Å²) in [5.74, 6) is 0.124. The van der Waals surface area contributed by atoms with Gasteiger partial charge in [-0.1, -0.05) is 0 Å². The number of carbonyl (C=O) groups excluding carboxylic acids is 1. The lowest BCUT2D eigenvalue weighted by atomic mass is 10.0. The predicted octanol–water partition coefficient (Wildman–Crippen LogP) is 1.70. The fraction of sp³-hybridized carbons (Fsp3) is 0.273. The lowest BCUT2D eigenvalue weighted by Crippen LogP contribution is -2.06. The van der Waals surface area contributed by atoms with Crippen molar-refractivity contribution in [1.82, 2.24) is 0 Å². The van der Waals surface area contributed by atoms with Gasteiger partial charge in [0.2, 0.25) is 5.75 Å². The van der Waals surface area contributed by atoms with Gasteiger partial charge in [0, 0.05) is 18.7 Å². The van der Waals surface area contributed by atoms with Crippen molar-refractivity contribution < 1.29 is 19.4 Å². The summed E-state index contributed by atoms with van der Waals surface area (Å²) in [5.41, 5.74) is 0.603. The van der Waals surface area contributed by atoms with E-state index >= 15 is 0 Å². The average Bonchev–Trinajstić information content (AvgIpc) is 2.28. The SMILES string of the molecule is COc1cc2c(c(O)c1OC)C(=O)CC=N2. The zero-order valence-corrected chi connectivity index (χ0v) is 8.98. The van der Waals surface area contributed by atoms with Crippen LogP contribution in [0.5, 0.6) is 17.2 Å². The number of aromatic hydroxyl groups is 1. The Balaban J connectivity index is 2.72. The number of benzene rings is 1. The number of hydrogen-bond acceptors (Lipinski definition) is 5. The second kappa shape index (κ2) is 3.84. The number of aliphatic imine (C=N–C) groups is 1. The number of ketones is 1. The first-order valence-corrected chi connectivity index (χ1v) is 4.72. The molecule has 0 spiro atoms. The largest absolute Gasteiger partial charge is 0.504 e. The quantitative estimate of drug-likeness (QED) is 0.825. The second-order valence-corrected chi connectivity index (χ2v) is 3.29. The molecule has 2 rings (SSSR count). The number of ether oxygens (including phenoxy) is 2. The van der Waals surface area contributed by atoms with Gasteiger partial charge < -0.3 is 14.6 Å². The fourth-order valence-electron chi connectivity index (χ4n) is 1.67. The first kappa shape index (κ1) is 10.5. The van der Waals surface area contributed by atoms with E-state index < -0.39 is 0 Å². The van der Waals surface area contributed by atoms with Crippen LogP contribution in [-0.2, 0) is 0 Å². The van der Waals surface area contributed by atoms with Gasteiger partial charge in [0.15, 0.2) is 17.3 Å². The van der Waals surface area contributed by atoms with Crippen molar-refractivity contribution in [3.63, 3.8) is 0 Å². The summed E-state index contributed by atoms with van der Waals surface area (Å²) < 4.78 is 10.1. The van der Waals surface area contributed by atoms with E-state index in [1.54, 1.807) is 6.07 Å². The highest BCUT2D eigenvalue weighted by Crippen LogP contribution is 2.45. The molecule has 1 aromatic rings. The molecule has 0 aliphatic carbocycles. The molecule has 0 radical (unpaired) electrons. The van der Waals surface area contributed by atoms with Crippen LogP contribution in [0.4, 0.5) is 5.69 Å². The molecule has 5 heteroatoms. The third kappa shape index (κ3) is 1.41. The van der Waals surface area contributed by atoms with Gasteiger partial charge in [-0.2, -0.15) is 0 Å². The van der Waals surface area contributed by atoms with E-state index in [9.17, 15) is 9.90 Å². The summed E-state index contributed by atoms with van der Waals surface area (Å²) in [5, 5.41) is 9.92. The van der Waals surface area contributed by atoms with Gasteiger partial charge in [-0.05, 0) is 0 Å². The molecular weight excluding hydrogens is 210 g/mol. The van der Waals surface area contributed by atoms with Crippen LogP contribution in [0.3, 0.4) is 0 Å². The van der Waals surface area contributed by atoms with Crippen molar-refractivity contribution in [2.24, 2.45) is 4.99 Å². The van der Waals surface area contributed by atoms with E-state index in [1.165, 1.54) is 20.4 Å². The number of rotatable bonds is 2. The molecule has 1 aliphatic heterocycles. The Hall–Kier alpha value is -2.04. The Morgan fingerprint density at radius 2 is 2.12 bits per heavy atom. The van der Waals surface area contributed by atoms with E-state index in [0.29, 0.717) is 11.4 Å². The maximum Gasteiger partial charge on any atom is 0.203 e. The molecule has 0 saturated carbocycles. The van der Waals surface area contributed by atoms with Crippen molar-refractivity contribution in [1.29, 1.82) is 0 Å². The molecule has 0 atom stereocenters. The van der Waals surface area contributed by atoms with Crippen LogP contribution in [0.15, 0.2) is 11.1 Å². The lowest BCUT2D eigenvalue weighted by Gasteiger charge is -2.16. The number of fused-ring (bicyclic) bond motifs is 1. The monoisotopic (exact) mass is 221 g/mol. The highest BCUT2D eigenvalue weighted by Gasteiger charge is 2.25. The highest BCUT2D eigenvalue weighted by molar-refractivity contribution is 6.12. The maximum absolute atomic E-state index is 11.6. The van der Waals surface area contributed by atoms with Gasteiger partial charge in [0.1, 0.15) is 0 Å². The molecule has 0 bridgehead atoms. The molecule has 0 unspecified atom stereocenters. The molecule has 1 aromatic carbocycles. The van der Waals surface area contributed by atoms with Crippen LogP contribution in [-0.4, -0.2) is 31.3 Å². The summed E-state index contributed by atoms with van der Waals surface area (Å²) in [6.45, 7) is 0. The van der Waals surface area contributed by atoms with Gasteiger partial charge in [0.05, 0.1) is 25.5 Å². The molecule has 0 fully saturated rings. The van der Waals surface area contributed by atoms with Crippen molar-refractivity contribution in [3.8, 4) is 17.2 Å². The number of methoxy groups -OCH3 is 2. The molecule has 1 heterocycles. The number of hydrogen-bond donors (Lipinski definition) is 1. The minimum absolute atomic E-state index is 0.159. The zero-order valence-electron chi connectivity index (χ0n) is 8.98. The topological polar surface area (TPSA) is 68.1 Å². The first-order chi connectivity index (χ1) is 7.69. The van der Waals surface area contributed by atoms with Gasteiger partial charge >= 0.3 is 0 Å². The van der Waals surface area contributed by atoms with E-state index in [-0.39, 0.29) is 29.3 Å². The van der Waals surface area contributed by atoms with Crippen molar-refractivity contribution >= 4 is 17.7 Å². The maximum atomic E-state index is 11.6. The molecule has 0 amide bonds. The molecule has 5 nitrogen and oxygen atoms in total. The summed E-state index contributed by atoms with van der Waals surface area (Å²) in [6.07, 6.45) is 1.70. The van der Waals surface area contributed by atoms with E-state index in [4.69, 9.17) is 9.47 Å². The Morgan fingerprint density at radius 3 is 2.75 bits per heavy atom. The predicted molar refractivity (Wildman–Crippen MR) is 58.3 cm³/mol. The van der Waals surface area contributed by atoms with Crippen LogP contribution < -0.4 is 9.47 Å². The van der Waals surface area contributed by atoms with Gasteiger partial charge in [-0.25, -0.2) is 0 Å². The number of nitrogens with zero attached hydrogens (tertiary/aromatic N) is 1. The second-order valence-electron chi connectivity index (χ2n) is 3.29. The molecule has 0 saturated heterocycles. The summed E-state index contributed by atoms with van der Waals surface area (Å²) >= 11 is 0. The van der Waals surface area contributed by atoms with Crippen molar-refractivity contribution in [3.05, 3.63) is 11.6 Å². The van der Waals surface area contributed by atoms with Crippen LogP contribution in [0, 0.1) is 0 Å². The smallest absolute Gasteiger partial charge is 0.203 e. The average molecular weight is 221 g/mol. The van der Waals surface area contributed by atoms with E-state index in [2.05, 4.69) is 4.99 Å². The van der Waals surface area contributed by atoms with Crippen LogP contribution in [0.1, 0.15) is 16.8 Å². The van der Waals surface area contributed by atoms with Crippen molar-refractivity contribution in [2.45, 2.75) is 6.42 Å². The Kier molecular flexibility index (Phi) is 2.52. The number of Topliss-reactive ketones (excluding diaryl/α,β-unsaturated/α-hetero) is 1. The molecule has 0 aromatic heterocycles. The molecule has 1 N–H and O–H groups in total. The van der Waals surface area contributed by atoms with Gasteiger partial charge in [-0.3, -0.25) is 9.79 Å². The standard InChI is InChI=1S/C11H11NO4/c1-15-8-5-6-9(7(13)3-4-12-6)10(14)11(8)16-2/h4-5,14H,3H2,1-2H3. The van der Waals surface area contributed by atoms with Gasteiger partial charge in [0.25, 0.3) is 0 Å². The third-order valence-corrected chi connectivity index (χ3v) is 2.41. The van der Waals surface area contributed by atoms with Gasteiger partial charge in [-0.15, -0.1) is 0 Å². The summed E-state index contributed by atoms with van der Waals surface area (Å²) in [4.78, 5) is 15.7. The normalized spacial score (nSPS) is 13.5. The Bertz CT molecular complexity index is 479. The molecule has 1 aliphatic rings. The zero-order chi connectivity index (χ0) is 11.7. The molecule has 84 valence electrons. The summed E-state index contributed by atoms with van der Waals surface area (Å²) in [6, 6.07) is 1.57. The number of carbonyl (C=O) groups is 1. The minimum atomic E-state index is -0.210. The van der Waals surface area contributed by atoms with Crippen LogP contribution in [0.2, 0.25) is 0 Å². The fourth-order valence-corrected chi connectivity index (χ4v) is 1.67.